The summed E-state index contributed by atoms with van der Waals surface area (Å²) in [6, 6.07) is 5.18. The minimum Gasteiger partial charge on any atom is -0.258 e. The summed E-state index contributed by atoms with van der Waals surface area (Å²) in [5.74, 6) is 0. The van der Waals surface area contributed by atoms with Crippen LogP contribution in [0.15, 0.2) is 24.3 Å². The lowest BCUT2D eigenvalue weighted by molar-refractivity contribution is -0.385. The predicted octanol–water partition coefficient (Wildman–Crippen LogP) is 2.16. The van der Waals surface area contributed by atoms with Crippen LogP contribution in [0.3, 0.4) is 0 Å². The van der Waals surface area contributed by atoms with Crippen LogP contribution >= 0.6 is 0 Å². The van der Waals surface area contributed by atoms with Crippen LogP contribution in [0.5, 0.6) is 0 Å². The van der Waals surface area contributed by atoms with Crippen molar-refractivity contribution in [2.75, 3.05) is 0 Å². The average Bonchev–Trinajstić information content (AvgIpc) is 2.49. The molecular weight excluding hydrogens is 154 g/mol. The number of hydrogen-bond donors (Lipinski definition) is 0. The van der Waals surface area contributed by atoms with Gasteiger partial charge in [-0.1, -0.05) is 24.3 Å². The highest BCUT2D eigenvalue weighted by Gasteiger charge is 2.16. The van der Waals surface area contributed by atoms with Gasteiger partial charge >= 0.3 is 0 Å². The van der Waals surface area contributed by atoms with E-state index in [-0.39, 0.29) is 10.6 Å². The zero-order valence-corrected chi connectivity index (χ0v) is 6.36. The number of nitro groups is 1. The number of rotatable bonds is 1. The smallest absolute Gasteiger partial charge is 0.258 e. The third kappa shape index (κ3) is 0.906. The van der Waals surface area contributed by atoms with Crippen molar-refractivity contribution in [3.05, 3.63) is 45.5 Å². The van der Waals surface area contributed by atoms with Gasteiger partial charge in [-0.2, -0.15) is 0 Å². The molecule has 60 valence electrons. The molecule has 3 heteroatoms. The van der Waals surface area contributed by atoms with Crippen molar-refractivity contribution in [3.63, 3.8) is 0 Å². The van der Waals surface area contributed by atoms with E-state index in [1.165, 1.54) is 6.07 Å². The molecule has 1 aromatic rings. The second-order valence-electron chi connectivity index (χ2n) is 2.71. The molecule has 0 N–H and O–H groups in total. The van der Waals surface area contributed by atoms with E-state index in [2.05, 4.69) is 0 Å². The van der Waals surface area contributed by atoms with E-state index < -0.39 is 0 Å². The van der Waals surface area contributed by atoms with Crippen LogP contribution in [0, 0.1) is 10.1 Å². The van der Waals surface area contributed by atoms with Gasteiger partial charge in [0.15, 0.2) is 0 Å². The number of hydrogen-bond acceptors (Lipinski definition) is 2. The molecule has 0 bridgehead atoms. The number of nitro benzene ring substituents is 1. The van der Waals surface area contributed by atoms with Gasteiger partial charge in [-0.25, -0.2) is 0 Å². The number of fused-ring (bicyclic) bond motifs is 1. The first-order valence-corrected chi connectivity index (χ1v) is 3.72. The average molecular weight is 161 g/mol. The van der Waals surface area contributed by atoms with Crippen molar-refractivity contribution in [2.24, 2.45) is 0 Å². The maximum atomic E-state index is 10.5. The number of nitrogens with zero attached hydrogens (tertiary/aromatic N) is 1. The lowest BCUT2D eigenvalue weighted by atomic mass is 10.1. The maximum Gasteiger partial charge on any atom is 0.276 e. The molecule has 0 aliphatic heterocycles. The fourth-order valence-corrected chi connectivity index (χ4v) is 1.43. The quantitative estimate of drug-likeness (QED) is 0.468. The Morgan fingerprint density at radius 3 is 3.00 bits per heavy atom. The van der Waals surface area contributed by atoms with Gasteiger partial charge in [0.2, 0.25) is 0 Å². The molecule has 0 saturated carbocycles. The van der Waals surface area contributed by atoms with Crippen LogP contribution in [-0.4, -0.2) is 4.92 Å². The van der Waals surface area contributed by atoms with Gasteiger partial charge in [0.25, 0.3) is 5.69 Å². The first kappa shape index (κ1) is 7.03. The van der Waals surface area contributed by atoms with Crippen LogP contribution in [0.25, 0.3) is 6.08 Å². The Bertz CT molecular complexity index is 369. The van der Waals surface area contributed by atoms with E-state index in [1.54, 1.807) is 6.07 Å². The van der Waals surface area contributed by atoms with E-state index in [0.29, 0.717) is 0 Å². The molecule has 0 spiro atoms. The standard InChI is InChI=1S/C9H7NO2/c11-10(12)9-6-2-4-7-3-1-5-8(7)9/h1-2,4-6H,3H2. The van der Waals surface area contributed by atoms with Gasteiger partial charge in [-0.3, -0.25) is 10.1 Å². The second kappa shape index (κ2) is 2.44. The van der Waals surface area contributed by atoms with Crippen molar-refractivity contribution in [1.29, 1.82) is 0 Å². The van der Waals surface area contributed by atoms with Crippen molar-refractivity contribution in [2.45, 2.75) is 6.42 Å². The lowest BCUT2D eigenvalue weighted by Crippen LogP contribution is -1.92. The van der Waals surface area contributed by atoms with Crippen LogP contribution in [0.1, 0.15) is 11.1 Å². The largest absolute Gasteiger partial charge is 0.276 e. The van der Waals surface area contributed by atoms with Crippen LogP contribution < -0.4 is 0 Å². The van der Waals surface area contributed by atoms with Crippen LogP contribution in [-0.2, 0) is 6.42 Å². The summed E-state index contributed by atoms with van der Waals surface area (Å²) < 4.78 is 0. The Morgan fingerprint density at radius 2 is 2.25 bits per heavy atom. The molecule has 0 aromatic heterocycles. The van der Waals surface area contributed by atoms with Gasteiger partial charge in [0.1, 0.15) is 0 Å². The number of benzene rings is 1. The van der Waals surface area contributed by atoms with Crippen LogP contribution in [0.2, 0.25) is 0 Å². The second-order valence-corrected chi connectivity index (χ2v) is 2.71. The molecule has 1 aliphatic carbocycles. The number of allylic oxidation sites excluding steroid dienone is 1. The molecule has 12 heavy (non-hydrogen) atoms. The molecule has 2 rings (SSSR count). The molecular formula is C9H7NO2. The topological polar surface area (TPSA) is 43.1 Å². The van der Waals surface area contributed by atoms with Crippen molar-refractivity contribution in [3.8, 4) is 0 Å². The first-order chi connectivity index (χ1) is 5.79. The Labute approximate surface area is 69.5 Å². The van der Waals surface area contributed by atoms with Gasteiger partial charge in [0.05, 0.1) is 10.5 Å². The van der Waals surface area contributed by atoms with E-state index in [0.717, 1.165) is 17.5 Å². The summed E-state index contributed by atoms with van der Waals surface area (Å²) in [7, 11) is 0. The Kier molecular flexibility index (Phi) is 1.43. The van der Waals surface area contributed by atoms with Crippen molar-refractivity contribution < 1.29 is 4.92 Å². The molecule has 0 amide bonds. The highest BCUT2D eigenvalue weighted by Crippen LogP contribution is 2.28. The van der Waals surface area contributed by atoms with Gasteiger partial charge < -0.3 is 0 Å². The van der Waals surface area contributed by atoms with Gasteiger partial charge in [-0.05, 0) is 12.0 Å². The maximum absolute atomic E-state index is 10.5. The Balaban J connectivity index is 2.63. The molecule has 0 radical (unpaired) electrons. The summed E-state index contributed by atoms with van der Waals surface area (Å²) in [4.78, 5) is 10.2. The van der Waals surface area contributed by atoms with Crippen LogP contribution in [0.4, 0.5) is 5.69 Å². The molecule has 0 saturated heterocycles. The third-order valence-electron chi connectivity index (χ3n) is 1.99. The Hall–Kier alpha value is -1.64. The zero-order valence-electron chi connectivity index (χ0n) is 6.36. The third-order valence-corrected chi connectivity index (χ3v) is 1.99. The summed E-state index contributed by atoms with van der Waals surface area (Å²) in [6.45, 7) is 0. The normalized spacial score (nSPS) is 13.0. The predicted molar refractivity (Wildman–Crippen MR) is 45.8 cm³/mol. The highest BCUT2D eigenvalue weighted by molar-refractivity contribution is 5.68. The monoisotopic (exact) mass is 161 g/mol. The highest BCUT2D eigenvalue weighted by atomic mass is 16.6. The summed E-state index contributed by atoms with van der Waals surface area (Å²) in [5.41, 5.74) is 2.02. The lowest BCUT2D eigenvalue weighted by Gasteiger charge is -1.98. The van der Waals surface area contributed by atoms with E-state index in [4.69, 9.17) is 0 Å². The molecule has 3 nitrogen and oxygen atoms in total. The van der Waals surface area contributed by atoms with Gasteiger partial charge in [0, 0.05) is 6.07 Å². The zero-order chi connectivity index (χ0) is 8.55. The molecule has 0 unspecified atom stereocenters. The van der Waals surface area contributed by atoms with E-state index >= 15 is 0 Å². The minimum absolute atomic E-state index is 0.209. The molecule has 0 fully saturated rings. The summed E-state index contributed by atoms with van der Waals surface area (Å²) in [5, 5.41) is 10.5. The summed E-state index contributed by atoms with van der Waals surface area (Å²) in [6.07, 6.45) is 4.57. The van der Waals surface area contributed by atoms with Gasteiger partial charge in [-0.15, -0.1) is 0 Å². The van der Waals surface area contributed by atoms with E-state index in [9.17, 15) is 10.1 Å². The van der Waals surface area contributed by atoms with E-state index in [1.807, 2.05) is 18.2 Å². The Morgan fingerprint density at radius 1 is 1.42 bits per heavy atom. The minimum atomic E-state index is -0.339. The molecule has 1 aromatic carbocycles. The van der Waals surface area contributed by atoms with Crippen molar-refractivity contribution in [1.82, 2.24) is 0 Å². The fraction of sp³-hybridized carbons (Fsp3) is 0.111. The SMILES string of the molecule is O=[N+]([O-])c1cccc2c1C=CC2. The molecule has 0 atom stereocenters. The molecule has 1 aliphatic rings. The fourth-order valence-electron chi connectivity index (χ4n) is 1.43. The van der Waals surface area contributed by atoms with Crippen molar-refractivity contribution >= 4 is 11.8 Å². The summed E-state index contributed by atoms with van der Waals surface area (Å²) >= 11 is 0. The molecule has 0 heterocycles. The first-order valence-electron chi connectivity index (χ1n) is 3.72.